The molecule has 0 spiro atoms. The summed E-state index contributed by atoms with van der Waals surface area (Å²) >= 11 is 5.96. The summed E-state index contributed by atoms with van der Waals surface area (Å²) in [5.41, 5.74) is 1.15. The summed E-state index contributed by atoms with van der Waals surface area (Å²) < 4.78 is 0. The van der Waals surface area contributed by atoms with Gasteiger partial charge >= 0.3 is 5.97 Å². The van der Waals surface area contributed by atoms with Crippen molar-refractivity contribution in [1.29, 1.82) is 0 Å². The zero-order valence-electron chi connectivity index (χ0n) is 10.9. The molecule has 0 aliphatic carbocycles. The summed E-state index contributed by atoms with van der Waals surface area (Å²) in [6, 6.07) is 7.74. The van der Waals surface area contributed by atoms with Crippen molar-refractivity contribution in [3.63, 3.8) is 0 Å². The van der Waals surface area contributed by atoms with Crippen molar-refractivity contribution < 1.29 is 9.90 Å². The van der Waals surface area contributed by atoms with Crippen LogP contribution in [0.25, 0.3) is 0 Å². The first kappa shape index (κ1) is 15.0. The lowest BCUT2D eigenvalue weighted by atomic mass is 10.0. The predicted molar refractivity (Wildman–Crippen MR) is 74.2 cm³/mol. The monoisotopic (exact) mass is 269 g/mol. The van der Waals surface area contributed by atoms with E-state index < -0.39 is 5.97 Å². The molecule has 0 fully saturated rings. The zero-order chi connectivity index (χ0) is 13.5. The van der Waals surface area contributed by atoms with Gasteiger partial charge < -0.3 is 5.11 Å². The molecule has 0 aliphatic heterocycles. The number of carboxylic acid groups (broad SMARTS) is 1. The number of carboxylic acids is 1. The van der Waals surface area contributed by atoms with Gasteiger partial charge in [0.2, 0.25) is 0 Å². The normalized spacial score (nSPS) is 12.7. The van der Waals surface area contributed by atoms with E-state index in [0.29, 0.717) is 0 Å². The molecule has 1 N–H and O–H groups in total. The number of hydrogen-bond acceptors (Lipinski definition) is 2. The van der Waals surface area contributed by atoms with Gasteiger partial charge in [0.1, 0.15) is 0 Å². The number of aliphatic carboxylic acids is 1. The van der Waals surface area contributed by atoms with Gasteiger partial charge in [-0.15, -0.1) is 0 Å². The third kappa shape index (κ3) is 5.07. The minimum atomic E-state index is -0.776. The first-order chi connectivity index (χ1) is 8.52. The van der Waals surface area contributed by atoms with Gasteiger partial charge in [0.05, 0.1) is 6.54 Å². The van der Waals surface area contributed by atoms with Gasteiger partial charge in [-0.2, -0.15) is 0 Å². The lowest BCUT2D eigenvalue weighted by molar-refractivity contribution is -0.138. The predicted octanol–water partition coefficient (Wildman–Crippen LogP) is 3.24. The fourth-order valence-electron chi connectivity index (χ4n) is 2.05. The number of rotatable bonds is 7. The van der Waals surface area contributed by atoms with Crippen molar-refractivity contribution in [2.45, 2.75) is 26.2 Å². The zero-order valence-corrected chi connectivity index (χ0v) is 11.7. The summed E-state index contributed by atoms with van der Waals surface area (Å²) in [6.07, 6.45) is 0.954. The van der Waals surface area contributed by atoms with Crippen LogP contribution in [0.4, 0.5) is 0 Å². The van der Waals surface area contributed by atoms with Crippen LogP contribution in [0.3, 0.4) is 0 Å². The van der Waals surface area contributed by atoms with Crippen LogP contribution in [0.2, 0.25) is 5.02 Å². The van der Waals surface area contributed by atoms with Crippen molar-refractivity contribution in [3.05, 3.63) is 34.9 Å². The number of halogens is 1. The van der Waals surface area contributed by atoms with E-state index in [1.54, 1.807) is 0 Å². The Bertz CT molecular complexity index is 395. The Hall–Kier alpha value is -1.06. The van der Waals surface area contributed by atoms with Crippen LogP contribution in [-0.2, 0) is 4.79 Å². The Morgan fingerprint density at radius 2 is 2.22 bits per heavy atom. The maximum Gasteiger partial charge on any atom is 0.317 e. The smallest absolute Gasteiger partial charge is 0.317 e. The van der Waals surface area contributed by atoms with Gasteiger partial charge in [0.15, 0.2) is 0 Å². The maximum atomic E-state index is 10.8. The largest absolute Gasteiger partial charge is 0.480 e. The van der Waals surface area contributed by atoms with Crippen LogP contribution < -0.4 is 0 Å². The van der Waals surface area contributed by atoms with Crippen LogP contribution in [0, 0.1) is 0 Å². The third-order valence-corrected chi connectivity index (χ3v) is 3.08. The Kier molecular flexibility index (Phi) is 6.16. The molecule has 4 heteroatoms. The second-order valence-electron chi connectivity index (χ2n) is 4.58. The van der Waals surface area contributed by atoms with E-state index >= 15 is 0 Å². The van der Waals surface area contributed by atoms with Crippen LogP contribution in [0.15, 0.2) is 24.3 Å². The molecule has 0 bridgehead atoms. The van der Waals surface area contributed by atoms with Gasteiger partial charge in [-0.25, -0.2) is 0 Å². The van der Waals surface area contributed by atoms with E-state index in [4.69, 9.17) is 16.7 Å². The number of nitrogens with zero attached hydrogens (tertiary/aromatic N) is 1. The fourth-order valence-corrected chi connectivity index (χ4v) is 2.25. The summed E-state index contributed by atoms with van der Waals surface area (Å²) in [6.45, 7) is 5.78. The molecule has 18 heavy (non-hydrogen) atoms. The molecule has 0 aliphatic rings. The van der Waals surface area contributed by atoms with Gasteiger partial charge in [-0.3, -0.25) is 9.69 Å². The molecule has 0 heterocycles. The second-order valence-corrected chi connectivity index (χ2v) is 5.02. The number of hydrogen-bond donors (Lipinski definition) is 1. The standard InChI is InChI=1S/C14H20ClNO2/c1-3-7-16(10-14(17)18)9-11(2)12-5-4-6-13(15)8-12/h4-6,8,11H,3,7,9-10H2,1-2H3,(H,17,18). The van der Waals surface area contributed by atoms with E-state index in [-0.39, 0.29) is 12.5 Å². The molecule has 0 saturated heterocycles. The highest BCUT2D eigenvalue weighted by atomic mass is 35.5. The molecule has 0 radical (unpaired) electrons. The Labute approximate surface area is 113 Å². The van der Waals surface area contributed by atoms with Crippen LogP contribution in [0.1, 0.15) is 31.7 Å². The van der Waals surface area contributed by atoms with Gasteiger partial charge in [0.25, 0.3) is 0 Å². The lowest BCUT2D eigenvalue weighted by Gasteiger charge is -2.23. The van der Waals surface area contributed by atoms with E-state index in [1.807, 2.05) is 29.2 Å². The highest BCUT2D eigenvalue weighted by Gasteiger charge is 2.14. The second kappa shape index (κ2) is 7.39. The van der Waals surface area contributed by atoms with Crippen molar-refractivity contribution >= 4 is 17.6 Å². The average molecular weight is 270 g/mol. The maximum absolute atomic E-state index is 10.8. The summed E-state index contributed by atoms with van der Waals surface area (Å²) in [5.74, 6) is -0.503. The van der Waals surface area contributed by atoms with Crippen molar-refractivity contribution in [3.8, 4) is 0 Å². The van der Waals surface area contributed by atoms with Crippen LogP contribution >= 0.6 is 11.6 Å². The summed E-state index contributed by atoms with van der Waals surface area (Å²) in [7, 11) is 0. The van der Waals surface area contributed by atoms with Gasteiger partial charge in [-0.05, 0) is 36.6 Å². The molecule has 0 saturated carbocycles. The highest BCUT2D eigenvalue weighted by molar-refractivity contribution is 6.30. The lowest BCUT2D eigenvalue weighted by Crippen LogP contribution is -2.33. The van der Waals surface area contributed by atoms with Crippen LogP contribution in [-0.4, -0.2) is 35.6 Å². The molecule has 100 valence electrons. The van der Waals surface area contributed by atoms with Crippen molar-refractivity contribution in [2.75, 3.05) is 19.6 Å². The molecular weight excluding hydrogens is 250 g/mol. The van der Waals surface area contributed by atoms with Crippen molar-refractivity contribution in [2.24, 2.45) is 0 Å². The highest BCUT2D eigenvalue weighted by Crippen LogP contribution is 2.20. The van der Waals surface area contributed by atoms with Gasteiger partial charge in [0, 0.05) is 11.6 Å². The van der Waals surface area contributed by atoms with Gasteiger partial charge in [-0.1, -0.05) is 37.6 Å². The molecule has 3 nitrogen and oxygen atoms in total. The Morgan fingerprint density at radius 1 is 1.50 bits per heavy atom. The third-order valence-electron chi connectivity index (χ3n) is 2.85. The fraction of sp³-hybridized carbons (Fsp3) is 0.500. The molecule has 1 atom stereocenters. The topological polar surface area (TPSA) is 40.5 Å². The summed E-state index contributed by atoms with van der Waals surface area (Å²) in [4.78, 5) is 12.8. The molecule has 1 aromatic rings. The van der Waals surface area contributed by atoms with E-state index in [1.165, 1.54) is 0 Å². The Morgan fingerprint density at radius 3 is 2.78 bits per heavy atom. The quantitative estimate of drug-likeness (QED) is 0.826. The minimum absolute atomic E-state index is 0.0960. The molecular formula is C14H20ClNO2. The van der Waals surface area contributed by atoms with E-state index in [9.17, 15) is 4.79 Å². The molecule has 0 amide bonds. The summed E-state index contributed by atoms with van der Waals surface area (Å²) in [5, 5.41) is 9.60. The molecule has 0 aromatic heterocycles. The van der Waals surface area contributed by atoms with Crippen molar-refractivity contribution in [1.82, 2.24) is 4.90 Å². The first-order valence-electron chi connectivity index (χ1n) is 6.22. The first-order valence-corrected chi connectivity index (χ1v) is 6.60. The van der Waals surface area contributed by atoms with E-state index in [2.05, 4.69) is 13.8 Å². The van der Waals surface area contributed by atoms with E-state index in [0.717, 1.165) is 30.1 Å². The minimum Gasteiger partial charge on any atom is -0.480 e. The molecule has 1 rings (SSSR count). The number of carbonyl (C=O) groups is 1. The Balaban J connectivity index is 2.65. The van der Waals surface area contributed by atoms with Crippen LogP contribution in [0.5, 0.6) is 0 Å². The SMILES string of the molecule is CCCN(CC(=O)O)CC(C)c1cccc(Cl)c1. The molecule has 1 aromatic carbocycles. The molecule has 1 unspecified atom stereocenters. The number of benzene rings is 1. The average Bonchev–Trinajstić information content (AvgIpc) is 2.28.